The van der Waals surface area contributed by atoms with E-state index >= 15 is 0 Å². The molecule has 1 aromatic rings. The molecular formula is C21H31ClN2O. The Hall–Kier alpha value is -1.06. The van der Waals surface area contributed by atoms with Crippen molar-refractivity contribution in [1.29, 1.82) is 0 Å². The molecule has 1 aromatic carbocycles. The monoisotopic (exact) mass is 362 g/mol. The van der Waals surface area contributed by atoms with E-state index in [0.29, 0.717) is 35.7 Å². The highest BCUT2D eigenvalue weighted by molar-refractivity contribution is 5.85. The number of rotatable bonds is 5. The number of carbonyl (C=O) groups is 1. The fourth-order valence-electron chi connectivity index (χ4n) is 5.01. The van der Waals surface area contributed by atoms with E-state index in [1.165, 1.54) is 37.7 Å². The molecule has 3 saturated carbocycles. The average Bonchev–Trinajstić information content (AvgIpc) is 3.40. The first-order chi connectivity index (χ1) is 11.7. The summed E-state index contributed by atoms with van der Waals surface area (Å²) < 4.78 is 0. The Labute approximate surface area is 157 Å². The summed E-state index contributed by atoms with van der Waals surface area (Å²) >= 11 is 0. The molecule has 3 N–H and O–H groups in total. The van der Waals surface area contributed by atoms with Crippen LogP contribution in [0.25, 0.3) is 0 Å². The third-order valence-electron chi connectivity index (χ3n) is 6.60. The van der Waals surface area contributed by atoms with Gasteiger partial charge in [-0.2, -0.15) is 0 Å². The molecule has 2 bridgehead atoms. The van der Waals surface area contributed by atoms with Crippen LogP contribution >= 0.6 is 12.4 Å². The second kappa shape index (κ2) is 8.09. The number of halogens is 1. The van der Waals surface area contributed by atoms with E-state index in [0.717, 1.165) is 19.3 Å². The van der Waals surface area contributed by atoms with Gasteiger partial charge in [-0.15, -0.1) is 12.4 Å². The highest BCUT2D eigenvalue weighted by atomic mass is 35.5. The van der Waals surface area contributed by atoms with Gasteiger partial charge in [0.05, 0.1) is 0 Å². The molecule has 3 atom stereocenters. The summed E-state index contributed by atoms with van der Waals surface area (Å²) in [5, 5.41) is 3.42. The number of carbonyl (C=O) groups excluding carboxylic acids is 1. The Kier molecular flexibility index (Phi) is 6.06. The molecule has 4 heteroatoms. The number of hydrogen-bond acceptors (Lipinski definition) is 2. The fourth-order valence-corrected chi connectivity index (χ4v) is 5.01. The van der Waals surface area contributed by atoms with Crippen molar-refractivity contribution in [3.63, 3.8) is 0 Å². The number of fused-ring (bicyclic) bond motifs is 2. The second-order valence-corrected chi connectivity index (χ2v) is 8.34. The summed E-state index contributed by atoms with van der Waals surface area (Å²) in [4.78, 5) is 12.9. The lowest BCUT2D eigenvalue weighted by molar-refractivity contribution is -0.128. The molecule has 3 unspecified atom stereocenters. The molecule has 3 aliphatic carbocycles. The van der Waals surface area contributed by atoms with Crippen LogP contribution in [0, 0.1) is 23.7 Å². The first-order valence-corrected chi connectivity index (χ1v) is 9.80. The van der Waals surface area contributed by atoms with Gasteiger partial charge in [-0.05, 0) is 68.3 Å². The van der Waals surface area contributed by atoms with Crippen molar-refractivity contribution < 1.29 is 4.79 Å². The second-order valence-electron chi connectivity index (χ2n) is 8.34. The van der Waals surface area contributed by atoms with Gasteiger partial charge in [0.1, 0.15) is 0 Å². The Morgan fingerprint density at radius 3 is 2.32 bits per heavy atom. The Morgan fingerprint density at radius 1 is 1.08 bits per heavy atom. The molecule has 3 fully saturated rings. The van der Waals surface area contributed by atoms with Crippen molar-refractivity contribution in [2.24, 2.45) is 29.4 Å². The van der Waals surface area contributed by atoms with Gasteiger partial charge in [0.15, 0.2) is 0 Å². The highest BCUT2D eigenvalue weighted by Crippen LogP contribution is 2.42. The fraction of sp³-hybridized carbons (Fsp3) is 0.667. The maximum absolute atomic E-state index is 12.9. The van der Waals surface area contributed by atoms with Gasteiger partial charge in [-0.3, -0.25) is 4.79 Å². The first kappa shape index (κ1) is 18.7. The van der Waals surface area contributed by atoms with Crippen LogP contribution in [0.3, 0.4) is 0 Å². The largest absolute Gasteiger partial charge is 0.353 e. The zero-order valence-corrected chi connectivity index (χ0v) is 15.7. The molecule has 3 nitrogen and oxygen atoms in total. The van der Waals surface area contributed by atoms with Gasteiger partial charge in [-0.25, -0.2) is 0 Å². The predicted octanol–water partition coefficient (Wildman–Crippen LogP) is 3.70. The van der Waals surface area contributed by atoms with Gasteiger partial charge in [0.2, 0.25) is 5.91 Å². The molecule has 0 saturated heterocycles. The summed E-state index contributed by atoms with van der Waals surface area (Å²) in [6.07, 6.45) is 9.25. The van der Waals surface area contributed by atoms with Crippen LogP contribution in [0.2, 0.25) is 0 Å². The average molecular weight is 363 g/mol. The first-order valence-electron chi connectivity index (χ1n) is 9.80. The smallest absolute Gasteiger partial charge is 0.223 e. The van der Waals surface area contributed by atoms with Crippen molar-refractivity contribution in [3.8, 4) is 0 Å². The number of benzene rings is 1. The molecule has 0 heterocycles. The minimum absolute atomic E-state index is 0. The molecule has 25 heavy (non-hydrogen) atoms. The minimum Gasteiger partial charge on any atom is -0.353 e. The number of nitrogens with one attached hydrogen (secondary N) is 1. The van der Waals surface area contributed by atoms with Crippen LogP contribution in [0.5, 0.6) is 0 Å². The lowest BCUT2D eigenvalue weighted by Crippen LogP contribution is -2.50. The Morgan fingerprint density at radius 2 is 1.72 bits per heavy atom. The lowest BCUT2D eigenvalue weighted by Gasteiger charge is -2.43. The number of nitrogens with two attached hydrogens (primary N) is 1. The quantitative estimate of drug-likeness (QED) is 0.839. The summed E-state index contributed by atoms with van der Waals surface area (Å²) in [6, 6.07) is 11.2. The summed E-state index contributed by atoms with van der Waals surface area (Å²) in [5.74, 6) is 2.31. The van der Waals surface area contributed by atoms with Gasteiger partial charge in [-0.1, -0.05) is 36.8 Å². The van der Waals surface area contributed by atoms with E-state index in [-0.39, 0.29) is 18.3 Å². The summed E-state index contributed by atoms with van der Waals surface area (Å²) in [5.41, 5.74) is 7.71. The molecule has 0 spiro atoms. The van der Waals surface area contributed by atoms with Gasteiger partial charge in [0.25, 0.3) is 0 Å². The predicted molar refractivity (Wildman–Crippen MR) is 104 cm³/mol. The Balaban J connectivity index is 0.00000182. The van der Waals surface area contributed by atoms with Crippen molar-refractivity contribution >= 4 is 18.3 Å². The van der Waals surface area contributed by atoms with Crippen LogP contribution in [0.1, 0.15) is 50.5 Å². The Bertz CT molecular complexity index is 561. The maximum Gasteiger partial charge on any atom is 0.223 e. The third-order valence-corrected chi connectivity index (χ3v) is 6.60. The van der Waals surface area contributed by atoms with E-state index < -0.39 is 0 Å². The van der Waals surface area contributed by atoms with Crippen molar-refractivity contribution in [1.82, 2.24) is 5.32 Å². The van der Waals surface area contributed by atoms with Gasteiger partial charge in [0, 0.05) is 18.0 Å². The van der Waals surface area contributed by atoms with E-state index in [4.69, 9.17) is 5.73 Å². The van der Waals surface area contributed by atoms with E-state index in [9.17, 15) is 4.79 Å². The SMILES string of the molecule is Cl.NC1C2CCCC1CC(C(=O)NC(Cc1ccccc1)C1CC1)C2. The van der Waals surface area contributed by atoms with E-state index in [2.05, 4.69) is 35.6 Å². The molecule has 0 aliphatic heterocycles. The molecule has 3 aliphatic rings. The third kappa shape index (κ3) is 4.38. The van der Waals surface area contributed by atoms with Crippen molar-refractivity contribution in [2.45, 2.75) is 63.5 Å². The van der Waals surface area contributed by atoms with Crippen molar-refractivity contribution in [2.75, 3.05) is 0 Å². The van der Waals surface area contributed by atoms with Crippen LogP contribution in [-0.2, 0) is 11.2 Å². The summed E-state index contributed by atoms with van der Waals surface area (Å²) in [7, 11) is 0. The molecule has 138 valence electrons. The van der Waals surface area contributed by atoms with Crippen LogP contribution < -0.4 is 11.1 Å². The molecular weight excluding hydrogens is 332 g/mol. The molecule has 0 aromatic heterocycles. The van der Waals surface area contributed by atoms with E-state index in [1.54, 1.807) is 0 Å². The van der Waals surface area contributed by atoms with Crippen LogP contribution in [0.4, 0.5) is 0 Å². The zero-order chi connectivity index (χ0) is 16.5. The number of hydrogen-bond donors (Lipinski definition) is 2. The minimum atomic E-state index is 0. The van der Waals surface area contributed by atoms with Crippen molar-refractivity contribution in [3.05, 3.63) is 35.9 Å². The maximum atomic E-state index is 12.9. The van der Waals surface area contributed by atoms with Crippen LogP contribution in [0.15, 0.2) is 30.3 Å². The lowest BCUT2D eigenvalue weighted by atomic mass is 9.65. The topological polar surface area (TPSA) is 55.1 Å². The normalized spacial score (nSPS) is 32.4. The molecule has 4 rings (SSSR count). The van der Waals surface area contributed by atoms with Gasteiger partial charge < -0.3 is 11.1 Å². The molecule has 1 amide bonds. The molecule has 0 radical (unpaired) electrons. The van der Waals surface area contributed by atoms with Crippen LogP contribution in [-0.4, -0.2) is 18.0 Å². The standard InChI is InChI=1S/C21H30N2O.ClH/c22-20-16-7-4-8-17(20)13-18(12-16)21(24)23-19(15-9-10-15)11-14-5-2-1-3-6-14;/h1-3,5-6,15-20H,4,7-13,22H2,(H,23,24);1H. The summed E-state index contributed by atoms with van der Waals surface area (Å²) in [6.45, 7) is 0. The highest BCUT2D eigenvalue weighted by Gasteiger charge is 2.41. The van der Waals surface area contributed by atoms with E-state index in [1.807, 2.05) is 0 Å². The zero-order valence-electron chi connectivity index (χ0n) is 14.9. The van der Waals surface area contributed by atoms with Gasteiger partial charge >= 0.3 is 0 Å². The number of amides is 1.